The number of nitrogens with zero attached hydrogens (tertiary/aromatic N) is 3. The fraction of sp³-hybridized carbons (Fsp3) is 0.615. The molecule has 1 fully saturated rings. The molecule has 2 aromatic heterocycles. The second kappa shape index (κ2) is 5.13. The predicted molar refractivity (Wildman–Crippen MR) is 72.3 cm³/mol. The van der Waals surface area contributed by atoms with Crippen LogP contribution in [0.5, 0.6) is 0 Å². The van der Waals surface area contributed by atoms with Crippen LogP contribution in [0.15, 0.2) is 10.9 Å². The van der Waals surface area contributed by atoms with Gasteiger partial charge in [-0.25, -0.2) is 4.98 Å². The van der Waals surface area contributed by atoms with Gasteiger partial charge in [-0.2, -0.15) is 9.50 Å². The van der Waals surface area contributed by atoms with E-state index in [1.807, 2.05) is 6.92 Å². The highest BCUT2D eigenvalue weighted by Crippen LogP contribution is 2.12. The summed E-state index contributed by atoms with van der Waals surface area (Å²) in [5.41, 5.74) is 0.606. The second-order valence-corrected chi connectivity index (χ2v) is 5.23. The number of hydrogen-bond acceptors (Lipinski definition) is 4. The SMILES string of the molecule is Cc1cc(=O)n2[nH]c(CCC3CCCCN3)nc2n1. The minimum atomic E-state index is -0.1000. The van der Waals surface area contributed by atoms with Crippen molar-refractivity contribution >= 4 is 5.78 Å². The van der Waals surface area contributed by atoms with Gasteiger partial charge in [-0.15, -0.1) is 0 Å². The van der Waals surface area contributed by atoms with Crippen molar-refractivity contribution in [2.24, 2.45) is 0 Å². The van der Waals surface area contributed by atoms with Crippen molar-refractivity contribution in [3.8, 4) is 0 Å². The van der Waals surface area contributed by atoms with Crippen LogP contribution in [-0.2, 0) is 6.42 Å². The minimum Gasteiger partial charge on any atom is -0.314 e. The van der Waals surface area contributed by atoms with Crippen molar-refractivity contribution in [1.29, 1.82) is 0 Å². The summed E-state index contributed by atoms with van der Waals surface area (Å²) < 4.78 is 1.41. The number of rotatable bonds is 3. The Bertz CT molecular complexity index is 623. The maximum absolute atomic E-state index is 11.8. The lowest BCUT2D eigenvalue weighted by atomic mass is 10.0. The molecule has 19 heavy (non-hydrogen) atoms. The van der Waals surface area contributed by atoms with Crippen LogP contribution in [-0.4, -0.2) is 32.2 Å². The number of hydrogen-bond donors (Lipinski definition) is 2. The van der Waals surface area contributed by atoms with Crippen LogP contribution in [0.25, 0.3) is 5.78 Å². The first-order valence-corrected chi connectivity index (χ1v) is 6.91. The van der Waals surface area contributed by atoms with Gasteiger partial charge in [-0.1, -0.05) is 6.42 Å². The lowest BCUT2D eigenvalue weighted by Gasteiger charge is -2.22. The number of nitrogens with one attached hydrogen (secondary N) is 2. The first kappa shape index (κ1) is 12.3. The highest BCUT2D eigenvalue weighted by atomic mass is 16.1. The number of piperidine rings is 1. The smallest absolute Gasteiger partial charge is 0.274 e. The number of aromatic amines is 1. The van der Waals surface area contributed by atoms with Crippen molar-refractivity contribution < 1.29 is 0 Å². The van der Waals surface area contributed by atoms with E-state index in [1.165, 1.54) is 29.8 Å². The molecule has 0 aromatic carbocycles. The Labute approximate surface area is 111 Å². The highest BCUT2D eigenvalue weighted by molar-refractivity contribution is 5.27. The van der Waals surface area contributed by atoms with Gasteiger partial charge in [0.1, 0.15) is 5.82 Å². The monoisotopic (exact) mass is 261 g/mol. The molecule has 0 bridgehead atoms. The summed E-state index contributed by atoms with van der Waals surface area (Å²) in [6, 6.07) is 2.09. The van der Waals surface area contributed by atoms with E-state index in [4.69, 9.17) is 0 Å². The van der Waals surface area contributed by atoms with Crippen LogP contribution < -0.4 is 10.9 Å². The molecule has 6 nitrogen and oxygen atoms in total. The Morgan fingerprint density at radius 1 is 1.42 bits per heavy atom. The Morgan fingerprint density at radius 2 is 2.32 bits per heavy atom. The molecule has 1 aliphatic heterocycles. The number of H-pyrrole nitrogens is 1. The molecule has 3 rings (SSSR count). The van der Waals surface area contributed by atoms with Gasteiger partial charge < -0.3 is 5.32 Å². The van der Waals surface area contributed by atoms with Gasteiger partial charge in [0.2, 0.25) is 0 Å². The topological polar surface area (TPSA) is 75.1 Å². The molecule has 3 heterocycles. The van der Waals surface area contributed by atoms with Gasteiger partial charge in [0, 0.05) is 24.2 Å². The molecule has 0 amide bonds. The zero-order valence-electron chi connectivity index (χ0n) is 11.1. The first-order chi connectivity index (χ1) is 9.22. The molecular formula is C13H19N5O. The van der Waals surface area contributed by atoms with Gasteiger partial charge >= 0.3 is 0 Å². The standard InChI is InChI=1S/C13H19N5O/c1-9-8-12(19)18-13(15-9)16-11(17-18)6-5-10-4-2-3-7-14-10/h8,10,14H,2-7H2,1H3,(H,15,16,17). The molecule has 6 heteroatoms. The summed E-state index contributed by atoms with van der Waals surface area (Å²) in [5.74, 6) is 1.30. The molecule has 1 aliphatic rings. The van der Waals surface area contributed by atoms with Crippen molar-refractivity contribution in [2.75, 3.05) is 6.54 Å². The van der Waals surface area contributed by atoms with Crippen LogP contribution in [0.4, 0.5) is 0 Å². The molecule has 0 radical (unpaired) electrons. The van der Waals surface area contributed by atoms with Crippen LogP contribution in [0.1, 0.15) is 37.2 Å². The second-order valence-electron chi connectivity index (χ2n) is 5.23. The van der Waals surface area contributed by atoms with E-state index in [1.54, 1.807) is 0 Å². The molecule has 1 unspecified atom stereocenters. The van der Waals surface area contributed by atoms with E-state index in [0.717, 1.165) is 25.2 Å². The summed E-state index contributed by atoms with van der Waals surface area (Å²) in [5, 5.41) is 6.55. The van der Waals surface area contributed by atoms with Crippen molar-refractivity contribution in [3.63, 3.8) is 0 Å². The van der Waals surface area contributed by atoms with Crippen LogP contribution >= 0.6 is 0 Å². The highest BCUT2D eigenvalue weighted by Gasteiger charge is 2.13. The summed E-state index contributed by atoms with van der Waals surface area (Å²) >= 11 is 0. The maximum atomic E-state index is 11.8. The summed E-state index contributed by atoms with van der Waals surface area (Å²) in [6.07, 6.45) is 5.71. The molecule has 1 saturated heterocycles. The molecule has 0 saturated carbocycles. The molecule has 2 aromatic rings. The first-order valence-electron chi connectivity index (χ1n) is 6.91. The Morgan fingerprint density at radius 3 is 3.11 bits per heavy atom. The fourth-order valence-corrected chi connectivity index (χ4v) is 2.63. The average molecular weight is 261 g/mol. The Balaban J connectivity index is 1.74. The third-order valence-electron chi connectivity index (χ3n) is 3.65. The van der Waals surface area contributed by atoms with E-state index in [2.05, 4.69) is 20.4 Å². The molecule has 1 atom stereocenters. The van der Waals surface area contributed by atoms with Crippen molar-refractivity contribution in [3.05, 3.63) is 27.9 Å². The van der Waals surface area contributed by atoms with Gasteiger partial charge in [-0.3, -0.25) is 9.89 Å². The largest absolute Gasteiger partial charge is 0.314 e. The van der Waals surface area contributed by atoms with Crippen LogP contribution in [0, 0.1) is 6.92 Å². The van der Waals surface area contributed by atoms with E-state index < -0.39 is 0 Å². The maximum Gasteiger partial charge on any atom is 0.274 e. The van der Waals surface area contributed by atoms with Gasteiger partial charge in [0.05, 0.1) is 0 Å². The van der Waals surface area contributed by atoms with Crippen LogP contribution in [0.2, 0.25) is 0 Å². The molecule has 0 spiro atoms. The Kier molecular flexibility index (Phi) is 3.33. The lowest BCUT2D eigenvalue weighted by Crippen LogP contribution is -2.34. The van der Waals surface area contributed by atoms with Crippen molar-refractivity contribution in [2.45, 2.75) is 45.1 Å². The zero-order valence-corrected chi connectivity index (χ0v) is 11.1. The van der Waals surface area contributed by atoms with Gasteiger partial charge in [-0.05, 0) is 32.7 Å². The molecular weight excluding hydrogens is 242 g/mol. The quantitative estimate of drug-likeness (QED) is 0.857. The zero-order chi connectivity index (χ0) is 13.2. The van der Waals surface area contributed by atoms with Crippen LogP contribution in [0.3, 0.4) is 0 Å². The van der Waals surface area contributed by atoms with Gasteiger partial charge in [0.15, 0.2) is 0 Å². The lowest BCUT2D eigenvalue weighted by molar-refractivity contribution is 0.381. The summed E-state index contributed by atoms with van der Waals surface area (Å²) in [7, 11) is 0. The van der Waals surface area contributed by atoms with E-state index >= 15 is 0 Å². The number of aryl methyl sites for hydroxylation is 2. The predicted octanol–water partition coefficient (Wildman–Crippen LogP) is 0.801. The van der Waals surface area contributed by atoms with Gasteiger partial charge in [0.25, 0.3) is 11.3 Å². The number of aromatic nitrogens is 4. The number of fused-ring (bicyclic) bond motifs is 1. The average Bonchev–Trinajstić information content (AvgIpc) is 2.81. The molecule has 102 valence electrons. The molecule has 2 N–H and O–H groups in total. The van der Waals surface area contributed by atoms with E-state index in [0.29, 0.717) is 17.5 Å². The minimum absolute atomic E-state index is 0.1000. The fourth-order valence-electron chi connectivity index (χ4n) is 2.63. The van der Waals surface area contributed by atoms with E-state index in [9.17, 15) is 4.79 Å². The molecule has 0 aliphatic carbocycles. The Hall–Kier alpha value is -1.69. The summed E-state index contributed by atoms with van der Waals surface area (Å²) in [6.45, 7) is 2.92. The third-order valence-corrected chi connectivity index (χ3v) is 3.65. The third kappa shape index (κ3) is 2.68. The normalized spacial score (nSPS) is 19.9. The van der Waals surface area contributed by atoms with E-state index in [-0.39, 0.29) is 5.56 Å². The summed E-state index contributed by atoms with van der Waals surface area (Å²) in [4.78, 5) is 20.4. The van der Waals surface area contributed by atoms with Crippen molar-refractivity contribution in [1.82, 2.24) is 24.9 Å².